The van der Waals surface area contributed by atoms with Gasteiger partial charge in [-0.25, -0.2) is 0 Å². The largest absolute Gasteiger partial charge is 0.493 e. The fraction of sp³-hybridized carbons (Fsp3) is 0.308. The first-order valence-corrected chi connectivity index (χ1v) is 6.50. The van der Waals surface area contributed by atoms with Gasteiger partial charge in [-0.05, 0) is 24.1 Å². The van der Waals surface area contributed by atoms with Crippen molar-refractivity contribution in [2.45, 2.75) is 13.8 Å². The summed E-state index contributed by atoms with van der Waals surface area (Å²) in [4.78, 5) is 11.3. The normalized spacial score (nSPS) is 10.8. The maximum Gasteiger partial charge on any atom is 0.271 e. The van der Waals surface area contributed by atoms with E-state index >= 15 is 0 Å². The number of aromatic amines is 1. The number of nitrogens with one attached hydrogen (secondary N) is 1. The lowest BCUT2D eigenvalue weighted by Crippen LogP contribution is -2.13. The van der Waals surface area contributed by atoms with Gasteiger partial charge in [0.15, 0.2) is 5.69 Å². The van der Waals surface area contributed by atoms with Gasteiger partial charge in [-0.1, -0.05) is 25.4 Å². The quantitative estimate of drug-likeness (QED) is 0.884. The molecule has 0 radical (unpaired) electrons. The Morgan fingerprint density at radius 3 is 2.85 bits per heavy atom. The molecule has 0 atom stereocenters. The van der Waals surface area contributed by atoms with E-state index in [1.165, 1.54) is 0 Å². The van der Waals surface area contributed by atoms with Crippen LogP contribution in [0.3, 0.4) is 0 Å². The third kappa shape index (κ3) is 3.08. The van der Waals surface area contributed by atoms with Crippen molar-refractivity contribution in [1.82, 2.24) is 15.4 Å². The molecule has 20 heavy (non-hydrogen) atoms. The predicted molar refractivity (Wildman–Crippen MR) is 75.7 cm³/mol. The third-order valence-electron chi connectivity index (χ3n) is 2.55. The van der Waals surface area contributed by atoms with Crippen molar-refractivity contribution in [1.29, 1.82) is 0 Å². The first-order chi connectivity index (χ1) is 9.49. The van der Waals surface area contributed by atoms with Gasteiger partial charge in [0.2, 0.25) is 0 Å². The van der Waals surface area contributed by atoms with Crippen LogP contribution in [-0.4, -0.2) is 27.9 Å². The molecule has 2 rings (SSSR count). The van der Waals surface area contributed by atoms with Crippen LogP contribution in [0.4, 0.5) is 0 Å². The molecule has 0 aliphatic rings. The minimum absolute atomic E-state index is 0.0571. The lowest BCUT2D eigenvalue weighted by atomic mass is 10.1. The van der Waals surface area contributed by atoms with Crippen LogP contribution in [0.25, 0.3) is 11.3 Å². The van der Waals surface area contributed by atoms with E-state index in [2.05, 4.69) is 15.4 Å². The van der Waals surface area contributed by atoms with E-state index in [0.29, 0.717) is 34.6 Å². The lowest BCUT2D eigenvalue weighted by molar-refractivity contribution is 0.0996. The van der Waals surface area contributed by atoms with E-state index in [1.807, 2.05) is 13.8 Å². The highest BCUT2D eigenvalue weighted by Gasteiger charge is 2.19. The van der Waals surface area contributed by atoms with Crippen LogP contribution in [0.5, 0.6) is 5.75 Å². The van der Waals surface area contributed by atoms with Crippen molar-refractivity contribution >= 4 is 17.5 Å². The Balaban J connectivity index is 2.45. The molecule has 0 fully saturated rings. The van der Waals surface area contributed by atoms with Gasteiger partial charge in [0.1, 0.15) is 11.4 Å². The summed E-state index contributed by atoms with van der Waals surface area (Å²) < 4.78 is 5.72. The van der Waals surface area contributed by atoms with Crippen LogP contribution in [-0.2, 0) is 0 Å². The minimum atomic E-state index is -0.663. The second kappa shape index (κ2) is 5.92. The van der Waals surface area contributed by atoms with Crippen molar-refractivity contribution in [2.24, 2.45) is 11.7 Å². The Bertz CT molecular complexity index is 625. The lowest BCUT2D eigenvalue weighted by Gasteiger charge is -2.12. The number of rotatable bonds is 5. The number of amides is 1. The highest BCUT2D eigenvalue weighted by Crippen LogP contribution is 2.33. The molecular weight excluding hydrogens is 280 g/mol. The van der Waals surface area contributed by atoms with Gasteiger partial charge in [0.05, 0.1) is 6.61 Å². The molecule has 1 aromatic carbocycles. The number of H-pyrrole nitrogens is 1. The second-order valence-electron chi connectivity index (χ2n) is 4.73. The highest BCUT2D eigenvalue weighted by molar-refractivity contribution is 6.31. The maximum atomic E-state index is 11.3. The number of ether oxygens (including phenoxy) is 1. The highest BCUT2D eigenvalue weighted by atomic mass is 35.5. The first kappa shape index (κ1) is 14.3. The van der Waals surface area contributed by atoms with Crippen LogP contribution >= 0.6 is 11.6 Å². The third-order valence-corrected chi connectivity index (χ3v) is 2.79. The Morgan fingerprint density at radius 2 is 2.20 bits per heavy atom. The van der Waals surface area contributed by atoms with Crippen LogP contribution < -0.4 is 10.5 Å². The van der Waals surface area contributed by atoms with E-state index in [1.54, 1.807) is 18.2 Å². The number of nitrogens with zero attached hydrogens (tertiary/aromatic N) is 2. The molecule has 1 amide bonds. The van der Waals surface area contributed by atoms with Gasteiger partial charge in [0.25, 0.3) is 5.91 Å². The Labute approximate surface area is 121 Å². The molecule has 0 saturated heterocycles. The van der Waals surface area contributed by atoms with Gasteiger partial charge in [-0.3, -0.25) is 4.79 Å². The number of hydrogen-bond donors (Lipinski definition) is 2. The number of hydrogen-bond acceptors (Lipinski definition) is 4. The number of aromatic nitrogens is 3. The van der Waals surface area contributed by atoms with Crippen LogP contribution in [0.15, 0.2) is 18.2 Å². The molecule has 2 aromatic rings. The van der Waals surface area contributed by atoms with Gasteiger partial charge >= 0.3 is 0 Å². The van der Waals surface area contributed by atoms with E-state index < -0.39 is 5.91 Å². The molecule has 0 aliphatic heterocycles. The summed E-state index contributed by atoms with van der Waals surface area (Å²) in [6, 6.07) is 5.12. The number of carbonyl (C=O) groups is 1. The molecule has 0 spiro atoms. The summed E-state index contributed by atoms with van der Waals surface area (Å²) in [5.41, 5.74) is 6.24. The topological polar surface area (TPSA) is 93.9 Å². The van der Waals surface area contributed by atoms with E-state index in [4.69, 9.17) is 22.1 Å². The summed E-state index contributed by atoms with van der Waals surface area (Å²) in [7, 11) is 0. The van der Waals surface area contributed by atoms with E-state index in [0.717, 1.165) is 0 Å². The average molecular weight is 295 g/mol. The fourth-order valence-electron chi connectivity index (χ4n) is 1.66. The van der Waals surface area contributed by atoms with Crippen LogP contribution in [0.2, 0.25) is 5.02 Å². The first-order valence-electron chi connectivity index (χ1n) is 6.12. The molecule has 6 nitrogen and oxygen atoms in total. The molecule has 1 aromatic heterocycles. The molecule has 106 valence electrons. The summed E-state index contributed by atoms with van der Waals surface area (Å²) in [6.07, 6.45) is 0. The van der Waals surface area contributed by atoms with Crippen molar-refractivity contribution < 1.29 is 9.53 Å². The molecule has 0 unspecified atom stereocenters. The minimum Gasteiger partial charge on any atom is -0.493 e. The predicted octanol–water partition coefficient (Wildman–Crippen LogP) is 2.26. The average Bonchev–Trinajstić information content (AvgIpc) is 2.86. The zero-order valence-corrected chi connectivity index (χ0v) is 11.9. The molecule has 1 heterocycles. The summed E-state index contributed by atoms with van der Waals surface area (Å²) >= 11 is 6.00. The summed E-state index contributed by atoms with van der Waals surface area (Å²) in [5.74, 6) is 0.287. The van der Waals surface area contributed by atoms with Crippen molar-refractivity contribution in [3.05, 3.63) is 28.9 Å². The standard InChI is InChI=1S/C13H15ClN4O2/c1-7(2)6-20-10-4-3-8(14)5-9(10)11-12(13(15)19)17-18-16-11/h3-5,7H,6H2,1-2H3,(H2,15,19)(H,16,17,18). The van der Waals surface area contributed by atoms with Crippen LogP contribution in [0, 0.1) is 5.92 Å². The van der Waals surface area contributed by atoms with E-state index in [9.17, 15) is 4.79 Å². The number of primary amides is 1. The van der Waals surface area contributed by atoms with Gasteiger partial charge < -0.3 is 10.5 Å². The van der Waals surface area contributed by atoms with E-state index in [-0.39, 0.29) is 5.69 Å². The number of benzene rings is 1. The second-order valence-corrected chi connectivity index (χ2v) is 5.17. The zero-order chi connectivity index (χ0) is 14.7. The maximum absolute atomic E-state index is 11.3. The van der Waals surface area contributed by atoms with Gasteiger partial charge in [-0.2, -0.15) is 15.4 Å². The monoisotopic (exact) mass is 294 g/mol. The summed E-state index contributed by atoms with van der Waals surface area (Å²) in [6.45, 7) is 4.62. The fourth-order valence-corrected chi connectivity index (χ4v) is 1.83. The molecule has 0 saturated carbocycles. The number of halogens is 1. The smallest absolute Gasteiger partial charge is 0.271 e. The molecular formula is C13H15ClN4O2. The van der Waals surface area contributed by atoms with Crippen LogP contribution in [0.1, 0.15) is 24.3 Å². The van der Waals surface area contributed by atoms with Gasteiger partial charge in [0, 0.05) is 10.6 Å². The van der Waals surface area contributed by atoms with Crippen molar-refractivity contribution in [3.63, 3.8) is 0 Å². The van der Waals surface area contributed by atoms with Crippen molar-refractivity contribution in [2.75, 3.05) is 6.61 Å². The zero-order valence-electron chi connectivity index (χ0n) is 11.2. The Hall–Kier alpha value is -2.08. The van der Waals surface area contributed by atoms with Crippen molar-refractivity contribution in [3.8, 4) is 17.0 Å². The molecule has 7 heteroatoms. The number of carbonyl (C=O) groups excluding carboxylic acids is 1. The number of nitrogens with two attached hydrogens (primary N) is 1. The summed E-state index contributed by atoms with van der Waals surface area (Å²) in [5, 5.41) is 10.6. The molecule has 0 aliphatic carbocycles. The Morgan fingerprint density at radius 1 is 1.45 bits per heavy atom. The molecule has 3 N–H and O–H groups in total. The molecule has 0 bridgehead atoms. The Kier molecular flexibility index (Phi) is 4.24. The van der Waals surface area contributed by atoms with Gasteiger partial charge in [-0.15, -0.1) is 0 Å². The SMILES string of the molecule is CC(C)COc1ccc(Cl)cc1-c1n[nH]nc1C(N)=O.